The van der Waals surface area contributed by atoms with Gasteiger partial charge in [-0.05, 0) is 37.5 Å². The minimum absolute atomic E-state index is 0.307. The first-order valence-corrected chi connectivity index (χ1v) is 5.64. The number of hydrogen-bond acceptors (Lipinski definition) is 2. The van der Waals surface area contributed by atoms with Crippen LogP contribution < -0.4 is 0 Å². The summed E-state index contributed by atoms with van der Waals surface area (Å²) in [5.74, 6) is -1.21. The average molecular weight is 238 g/mol. The van der Waals surface area contributed by atoms with Gasteiger partial charge >= 0.3 is 5.97 Å². The number of ether oxygens (including phenoxy) is 1. The Hall–Kier alpha value is -1.42. The monoisotopic (exact) mass is 238 g/mol. The summed E-state index contributed by atoms with van der Waals surface area (Å²) in [6.07, 6.45) is 0.435. The molecular formula is C13H15FO3. The molecule has 0 aliphatic carbocycles. The number of halogens is 1. The lowest BCUT2D eigenvalue weighted by molar-refractivity contribution is -0.151. The first kappa shape index (κ1) is 12.0. The van der Waals surface area contributed by atoms with E-state index in [-0.39, 0.29) is 11.9 Å². The minimum atomic E-state index is -0.923. The molecule has 92 valence electrons. The van der Waals surface area contributed by atoms with Crippen LogP contribution in [0.5, 0.6) is 0 Å². The summed E-state index contributed by atoms with van der Waals surface area (Å²) in [5, 5.41) is 9.39. The lowest BCUT2D eigenvalue weighted by Gasteiger charge is -2.27. The van der Waals surface area contributed by atoms with Gasteiger partial charge in [0.05, 0.1) is 11.5 Å². The molecule has 17 heavy (non-hydrogen) atoms. The van der Waals surface area contributed by atoms with E-state index >= 15 is 0 Å². The fourth-order valence-corrected chi connectivity index (χ4v) is 2.38. The summed E-state index contributed by atoms with van der Waals surface area (Å²) in [4.78, 5) is 11.4. The molecule has 0 bridgehead atoms. The van der Waals surface area contributed by atoms with Crippen LogP contribution in [0.1, 0.15) is 18.9 Å². The maximum atomic E-state index is 13.1. The number of carbonyl (C=O) groups is 1. The zero-order valence-corrected chi connectivity index (χ0v) is 9.65. The van der Waals surface area contributed by atoms with Crippen LogP contribution in [-0.4, -0.2) is 23.8 Å². The van der Waals surface area contributed by atoms with Gasteiger partial charge in [0.2, 0.25) is 0 Å². The summed E-state index contributed by atoms with van der Waals surface area (Å²) < 4.78 is 18.4. The standard InChI is InChI=1S/C13H15FO3/c1-9-13(12(15)16,5-6-17-9)8-10-3-2-4-11(14)7-10/h2-4,7,9H,5-6,8H2,1H3,(H,15,16). The van der Waals surface area contributed by atoms with Crippen LogP contribution in [0.4, 0.5) is 4.39 Å². The Labute approximate surface area is 99.2 Å². The van der Waals surface area contributed by atoms with Crippen molar-refractivity contribution >= 4 is 5.97 Å². The van der Waals surface area contributed by atoms with E-state index in [0.29, 0.717) is 25.0 Å². The summed E-state index contributed by atoms with van der Waals surface area (Å²) in [6.45, 7) is 2.21. The number of carboxylic acids is 1. The van der Waals surface area contributed by atoms with Crippen molar-refractivity contribution in [1.29, 1.82) is 0 Å². The van der Waals surface area contributed by atoms with E-state index in [1.807, 2.05) is 0 Å². The fraction of sp³-hybridized carbons (Fsp3) is 0.462. The minimum Gasteiger partial charge on any atom is -0.481 e. The van der Waals surface area contributed by atoms with Crippen molar-refractivity contribution in [3.8, 4) is 0 Å². The number of benzene rings is 1. The summed E-state index contributed by atoms with van der Waals surface area (Å²) in [7, 11) is 0. The van der Waals surface area contributed by atoms with Gasteiger partial charge in [-0.15, -0.1) is 0 Å². The highest BCUT2D eigenvalue weighted by atomic mass is 19.1. The Kier molecular flexibility index (Phi) is 3.15. The largest absolute Gasteiger partial charge is 0.481 e. The molecule has 4 heteroatoms. The zero-order valence-electron chi connectivity index (χ0n) is 9.65. The second kappa shape index (κ2) is 4.45. The zero-order chi connectivity index (χ0) is 12.5. The maximum absolute atomic E-state index is 13.1. The van der Waals surface area contributed by atoms with E-state index in [9.17, 15) is 14.3 Å². The number of hydrogen-bond donors (Lipinski definition) is 1. The third kappa shape index (κ3) is 2.17. The molecule has 0 spiro atoms. The molecule has 1 N–H and O–H groups in total. The highest BCUT2D eigenvalue weighted by Crippen LogP contribution is 2.38. The molecule has 1 aliphatic rings. The van der Waals surface area contributed by atoms with Crippen molar-refractivity contribution < 1.29 is 19.0 Å². The smallest absolute Gasteiger partial charge is 0.312 e. The van der Waals surface area contributed by atoms with Crippen molar-refractivity contribution in [3.05, 3.63) is 35.6 Å². The van der Waals surface area contributed by atoms with Crippen LogP contribution in [0.25, 0.3) is 0 Å². The molecule has 1 aromatic rings. The van der Waals surface area contributed by atoms with Gasteiger partial charge < -0.3 is 9.84 Å². The molecule has 2 atom stereocenters. The van der Waals surface area contributed by atoms with Crippen molar-refractivity contribution in [2.75, 3.05) is 6.61 Å². The van der Waals surface area contributed by atoms with E-state index < -0.39 is 11.4 Å². The third-order valence-corrected chi connectivity index (χ3v) is 3.53. The van der Waals surface area contributed by atoms with E-state index in [0.717, 1.165) is 0 Å². The van der Waals surface area contributed by atoms with Crippen LogP contribution in [0, 0.1) is 11.2 Å². The van der Waals surface area contributed by atoms with Crippen molar-refractivity contribution in [3.63, 3.8) is 0 Å². The molecule has 1 aromatic carbocycles. The van der Waals surface area contributed by atoms with Gasteiger partial charge in [0.25, 0.3) is 0 Å². The van der Waals surface area contributed by atoms with Crippen LogP contribution in [0.15, 0.2) is 24.3 Å². The fourth-order valence-electron chi connectivity index (χ4n) is 2.38. The first-order valence-electron chi connectivity index (χ1n) is 5.64. The summed E-state index contributed by atoms with van der Waals surface area (Å²) in [5.41, 5.74) is -0.224. The van der Waals surface area contributed by atoms with Gasteiger partial charge in [-0.25, -0.2) is 4.39 Å². The normalized spacial score (nSPS) is 28.2. The van der Waals surface area contributed by atoms with Gasteiger partial charge in [0.1, 0.15) is 5.82 Å². The van der Waals surface area contributed by atoms with Gasteiger partial charge in [-0.3, -0.25) is 4.79 Å². The van der Waals surface area contributed by atoms with Crippen LogP contribution >= 0.6 is 0 Å². The molecule has 0 saturated carbocycles. The van der Waals surface area contributed by atoms with Crippen molar-refractivity contribution in [2.45, 2.75) is 25.9 Å². The van der Waals surface area contributed by atoms with Crippen LogP contribution in [-0.2, 0) is 16.0 Å². The lowest BCUT2D eigenvalue weighted by Crippen LogP contribution is -2.39. The lowest BCUT2D eigenvalue weighted by atomic mass is 9.76. The third-order valence-electron chi connectivity index (χ3n) is 3.53. The Morgan fingerprint density at radius 3 is 2.94 bits per heavy atom. The molecule has 2 rings (SSSR count). The van der Waals surface area contributed by atoms with Crippen LogP contribution in [0.3, 0.4) is 0 Å². The van der Waals surface area contributed by atoms with Crippen LogP contribution in [0.2, 0.25) is 0 Å². The molecule has 0 amide bonds. The molecule has 1 heterocycles. The predicted octanol–water partition coefficient (Wildman–Crippen LogP) is 2.25. The number of aliphatic carboxylic acids is 1. The molecule has 1 fully saturated rings. The summed E-state index contributed by atoms with van der Waals surface area (Å²) >= 11 is 0. The molecule has 0 aromatic heterocycles. The van der Waals surface area contributed by atoms with E-state index in [2.05, 4.69) is 0 Å². The molecule has 0 radical (unpaired) electrons. The molecule has 3 nitrogen and oxygen atoms in total. The Bertz CT molecular complexity index is 432. The number of rotatable bonds is 3. The SMILES string of the molecule is CC1OCCC1(Cc1cccc(F)c1)C(=O)O. The molecule has 1 saturated heterocycles. The van der Waals surface area contributed by atoms with Crippen molar-refractivity contribution in [1.82, 2.24) is 0 Å². The molecular weight excluding hydrogens is 223 g/mol. The van der Waals surface area contributed by atoms with Gasteiger partial charge in [0, 0.05) is 6.61 Å². The van der Waals surface area contributed by atoms with E-state index in [1.165, 1.54) is 12.1 Å². The summed E-state index contributed by atoms with van der Waals surface area (Å²) in [6, 6.07) is 6.08. The van der Waals surface area contributed by atoms with Gasteiger partial charge in [-0.2, -0.15) is 0 Å². The predicted molar refractivity (Wildman–Crippen MR) is 60.2 cm³/mol. The maximum Gasteiger partial charge on any atom is 0.312 e. The highest BCUT2D eigenvalue weighted by Gasteiger charge is 2.48. The van der Waals surface area contributed by atoms with E-state index in [1.54, 1.807) is 19.1 Å². The van der Waals surface area contributed by atoms with Gasteiger partial charge in [0.15, 0.2) is 0 Å². The number of carboxylic acid groups (broad SMARTS) is 1. The second-order valence-corrected chi connectivity index (χ2v) is 4.53. The Morgan fingerprint density at radius 1 is 1.65 bits per heavy atom. The first-order chi connectivity index (χ1) is 8.04. The van der Waals surface area contributed by atoms with Gasteiger partial charge in [-0.1, -0.05) is 12.1 Å². The average Bonchev–Trinajstić information content (AvgIpc) is 2.61. The Balaban J connectivity index is 2.28. The quantitative estimate of drug-likeness (QED) is 0.878. The van der Waals surface area contributed by atoms with E-state index in [4.69, 9.17) is 4.74 Å². The molecule has 2 unspecified atom stereocenters. The molecule has 1 aliphatic heterocycles. The second-order valence-electron chi connectivity index (χ2n) is 4.53. The highest BCUT2D eigenvalue weighted by molar-refractivity contribution is 5.76. The Morgan fingerprint density at radius 2 is 2.41 bits per heavy atom. The van der Waals surface area contributed by atoms with Crippen molar-refractivity contribution in [2.24, 2.45) is 5.41 Å². The topological polar surface area (TPSA) is 46.5 Å².